The third-order valence-corrected chi connectivity index (χ3v) is 4.59. The molecule has 4 nitrogen and oxygen atoms in total. The first-order chi connectivity index (χ1) is 12.5. The third-order valence-electron chi connectivity index (χ3n) is 4.59. The SMILES string of the molecule is CC(NC1CC(NC(=O)OCc2ccccc2)C1)c1ccc(F)cc1F. The lowest BCUT2D eigenvalue weighted by molar-refractivity contribution is 0.124. The molecule has 6 heteroatoms. The molecular weight excluding hydrogens is 338 g/mol. The molecule has 0 bridgehead atoms. The summed E-state index contributed by atoms with van der Waals surface area (Å²) < 4.78 is 32.0. The van der Waals surface area contributed by atoms with Crippen LogP contribution >= 0.6 is 0 Å². The second kappa shape index (κ2) is 8.27. The predicted molar refractivity (Wildman–Crippen MR) is 94.5 cm³/mol. The van der Waals surface area contributed by atoms with Crippen molar-refractivity contribution in [2.45, 2.75) is 44.5 Å². The van der Waals surface area contributed by atoms with Gasteiger partial charge in [0.2, 0.25) is 0 Å². The van der Waals surface area contributed by atoms with Crippen molar-refractivity contribution in [3.63, 3.8) is 0 Å². The second-order valence-corrected chi connectivity index (χ2v) is 6.63. The van der Waals surface area contributed by atoms with Gasteiger partial charge in [0.25, 0.3) is 0 Å². The standard InChI is InChI=1S/C20H22F2N2O2/c1-13(18-8-7-15(21)9-19(18)22)23-16-10-17(11-16)24-20(25)26-12-14-5-3-2-4-6-14/h2-9,13,16-17,23H,10-12H2,1H3,(H,24,25). The molecular formula is C20H22F2N2O2. The summed E-state index contributed by atoms with van der Waals surface area (Å²) in [5.41, 5.74) is 1.37. The predicted octanol–water partition coefficient (Wildman–Crippen LogP) is 4.07. The van der Waals surface area contributed by atoms with Crippen molar-refractivity contribution in [3.05, 3.63) is 71.3 Å². The highest BCUT2D eigenvalue weighted by Gasteiger charge is 2.32. The number of hydrogen-bond acceptors (Lipinski definition) is 3. The molecule has 1 atom stereocenters. The maximum atomic E-state index is 13.8. The van der Waals surface area contributed by atoms with Crippen molar-refractivity contribution < 1.29 is 18.3 Å². The Labute approximate surface area is 151 Å². The summed E-state index contributed by atoms with van der Waals surface area (Å²) in [6.07, 6.45) is 1.05. The van der Waals surface area contributed by atoms with Crippen LogP contribution in [0.1, 0.15) is 36.9 Å². The first kappa shape index (κ1) is 18.3. The summed E-state index contributed by atoms with van der Waals surface area (Å²) in [7, 11) is 0. The number of halogens is 2. The zero-order valence-electron chi connectivity index (χ0n) is 14.5. The number of carbonyl (C=O) groups excluding carboxylic acids is 1. The molecule has 1 aliphatic carbocycles. The average Bonchev–Trinajstić information content (AvgIpc) is 2.59. The number of benzene rings is 2. The van der Waals surface area contributed by atoms with Gasteiger partial charge in [-0.1, -0.05) is 36.4 Å². The molecule has 0 saturated heterocycles. The maximum Gasteiger partial charge on any atom is 0.407 e. The highest BCUT2D eigenvalue weighted by molar-refractivity contribution is 5.67. The fourth-order valence-corrected chi connectivity index (χ4v) is 3.10. The molecule has 0 spiro atoms. The molecule has 1 amide bonds. The molecule has 0 radical (unpaired) electrons. The van der Waals surface area contributed by atoms with Gasteiger partial charge in [0.1, 0.15) is 18.2 Å². The lowest BCUT2D eigenvalue weighted by atomic mass is 9.86. The van der Waals surface area contributed by atoms with Crippen LogP contribution in [-0.4, -0.2) is 18.2 Å². The van der Waals surface area contributed by atoms with Crippen LogP contribution in [0.25, 0.3) is 0 Å². The average molecular weight is 360 g/mol. The number of rotatable bonds is 6. The molecule has 1 aliphatic rings. The van der Waals surface area contributed by atoms with E-state index < -0.39 is 17.7 Å². The molecule has 2 N–H and O–H groups in total. The number of carbonyl (C=O) groups is 1. The van der Waals surface area contributed by atoms with Crippen molar-refractivity contribution in [2.24, 2.45) is 0 Å². The van der Waals surface area contributed by atoms with Crippen molar-refractivity contribution in [3.8, 4) is 0 Å². The Morgan fingerprint density at radius 2 is 1.88 bits per heavy atom. The van der Waals surface area contributed by atoms with E-state index in [-0.39, 0.29) is 24.7 Å². The van der Waals surface area contributed by atoms with Crippen LogP contribution in [0, 0.1) is 11.6 Å². The van der Waals surface area contributed by atoms with E-state index >= 15 is 0 Å². The number of nitrogens with one attached hydrogen (secondary N) is 2. The second-order valence-electron chi connectivity index (χ2n) is 6.63. The normalized spacial score (nSPS) is 20.1. The molecule has 138 valence electrons. The Bertz CT molecular complexity index is 749. The third kappa shape index (κ3) is 4.79. The van der Waals surface area contributed by atoms with Gasteiger partial charge in [-0.3, -0.25) is 0 Å². The first-order valence-electron chi connectivity index (χ1n) is 8.69. The quantitative estimate of drug-likeness (QED) is 0.816. The van der Waals surface area contributed by atoms with Crippen molar-refractivity contribution in [1.82, 2.24) is 10.6 Å². The molecule has 0 aromatic heterocycles. The Kier molecular flexibility index (Phi) is 5.83. The molecule has 1 fully saturated rings. The smallest absolute Gasteiger partial charge is 0.407 e. The monoisotopic (exact) mass is 360 g/mol. The summed E-state index contributed by atoms with van der Waals surface area (Å²) in [5, 5.41) is 6.12. The topological polar surface area (TPSA) is 50.4 Å². The lowest BCUT2D eigenvalue weighted by Gasteiger charge is -2.38. The van der Waals surface area contributed by atoms with E-state index in [2.05, 4.69) is 10.6 Å². The van der Waals surface area contributed by atoms with E-state index in [1.165, 1.54) is 12.1 Å². The lowest BCUT2D eigenvalue weighted by Crippen LogP contribution is -2.52. The highest BCUT2D eigenvalue weighted by Crippen LogP contribution is 2.25. The van der Waals surface area contributed by atoms with Gasteiger partial charge in [-0.25, -0.2) is 13.6 Å². The van der Waals surface area contributed by atoms with Crippen LogP contribution in [0.15, 0.2) is 48.5 Å². The molecule has 0 heterocycles. The maximum absolute atomic E-state index is 13.8. The van der Waals surface area contributed by atoms with E-state index in [0.717, 1.165) is 24.5 Å². The number of ether oxygens (including phenoxy) is 1. The summed E-state index contributed by atoms with van der Waals surface area (Å²) in [6, 6.07) is 13.1. The molecule has 2 aromatic rings. The summed E-state index contributed by atoms with van der Waals surface area (Å²) in [4.78, 5) is 11.8. The van der Waals surface area contributed by atoms with Crippen molar-refractivity contribution in [1.29, 1.82) is 0 Å². The number of amides is 1. The van der Waals surface area contributed by atoms with Crippen LogP contribution < -0.4 is 10.6 Å². The van der Waals surface area contributed by atoms with Crippen LogP contribution in [0.2, 0.25) is 0 Å². The Hall–Kier alpha value is -2.47. The van der Waals surface area contributed by atoms with Gasteiger partial charge < -0.3 is 15.4 Å². The summed E-state index contributed by atoms with van der Waals surface area (Å²) in [6.45, 7) is 2.08. The number of alkyl carbamates (subject to hydrolysis) is 1. The zero-order chi connectivity index (χ0) is 18.5. The fraction of sp³-hybridized carbons (Fsp3) is 0.350. The molecule has 3 rings (SSSR count). The van der Waals surface area contributed by atoms with Gasteiger partial charge in [-0.05, 0) is 31.4 Å². The van der Waals surface area contributed by atoms with E-state index in [0.29, 0.717) is 5.56 Å². The number of hydrogen-bond donors (Lipinski definition) is 2. The van der Waals surface area contributed by atoms with Crippen molar-refractivity contribution >= 4 is 6.09 Å². The van der Waals surface area contributed by atoms with Gasteiger partial charge in [0, 0.05) is 29.8 Å². The Morgan fingerprint density at radius 3 is 2.58 bits per heavy atom. The molecule has 1 saturated carbocycles. The van der Waals surface area contributed by atoms with Crippen LogP contribution in [0.4, 0.5) is 13.6 Å². The van der Waals surface area contributed by atoms with Gasteiger partial charge >= 0.3 is 6.09 Å². The minimum Gasteiger partial charge on any atom is -0.445 e. The summed E-state index contributed by atoms with van der Waals surface area (Å²) >= 11 is 0. The molecule has 1 unspecified atom stereocenters. The van der Waals surface area contributed by atoms with Gasteiger partial charge in [-0.2, -0.15) is 0 Å². The minimum atomic E-state index is -0.583. The van der Waals surface area contributed by atoms with Gasteiger partial charge in [0.05, 0.1) is 0 Å². The van der Waals surface area contributed by atoms with E-state index in [9.17, 15) is 13.6 Å². The van der Waals surface area contributed by atoms with E-state index in [4.69, 9.17) is 4.74 Å². The van der Waals surface area contributed by atoms with Gasteiger partial charge in [0.15, 0.2) is 0 Å². The van der Waals surface area contributed by atoms with Gasteiger partial charge in [-0.15, -0.1) is 0 Å². The fourth-order valence-electron chi connectivity index (χ4n) is 3.10. The Balaban J connectivity index is 1.38. The molecule has 0 aliphatic heterocycles. The van der Waals surface area contributed by atoms with Crippen molar-refractivity contribution in [2.75, 3.05) is 0 Å². The molecule has 26 heavy (non-hydrogen) atoms. The Morgan fingerprint density at radius 1 is 1.15 bits per heavy atom. The molecule has 2 aromatic carbocycles. The van der Waals surface area contributed by atoms with E-state index in [1.807, 2.05) is 37.3 Å². The van der Waals surface area contributed by atoms with Crippen LogP contribution in [0.3, 0.4) is 0 Å². The van der Waals surface area contributed by atoms with E-state index in [1.54, 1.807) is 0 Å². The summed E-state index contributed by atoms with van der Waals surface area (Å²) in [5.74, 6) is -1.14. The first-order valence-corrected chi connectivity index (χ1v) is 8.69. The minimum absolute atomic E-state index is 0.0426. The van der Waals surface area contributed by atoms with Crippen LogP contribution in [0.5, 0.6) is 0 Å². The zero-order valence-corrected chi connectivity index (χ0v) is 14.5. The highest BCUT2D eigenvalue weighted by atomic mass is 19.1. The van der Waals surface area contributed by atoms with Crippen LogP contribution in [-0.2, 0) is 11.3 Å². The largest absolute Gasteiger partial charge is 0.445 e.